The highest BCUT2D eigenvalue weighted by Gasteiger charge is 2.33. The number of hydrogen-bond donors (Lipinski definition) is 1. The summed E-state index contributed by atoms with van der Waals surface area (Å²) in [5.41, 5.74) is 3.74. The lowest BCUT2D eigenvalue weighted by atomic mass is 10.2. The second-order valence-corrected chi connectivity index (χ2v) is 5.36. The summed E-state index contributed by atoms with van der Waals surface area (Å²) in [6.07, 6.45) is 3.38. The number of thioether (sulfide) groups is 1. The molecule has 1 aromatic rings. The molecule has 0 aliphatic carbocycles. The summed E-state index contributed by atoms with van der Waals surface area (Å²) in [5.74, 6) is 0.648. The van der Waals surface area contributed by atoms with Gasteiger partial charge in [0.15, 0.2) is 17.2 Å². The summed E-state index contributed by atoms with van der Waals surface area (Å²) in [4.78, 5) is 9.92. The molecule has 0 saturated carbocycles. The Hall–Kier alpha value is -1.62. The first-order valence-corrected chi connectivity index (χ1v) is 7.34. The SMILES string of the molecule is CSC1=NC=C(C#N)C2=N[C@H](c3cccs3)NN12. The van der Waals surface area contributed by atoms with E-state index >= 15 is 0 Å². The first kappa shape index (κ1) is 11.5. The number of nitrogens with zero attached hydrogens (tertiary/aromatic N) is 4. The number of hydrazine groups is 1. The average molecular weight is 275 g/mol. The Labute approximate surface area is 113 Å². The van der Waals surface area contributed by atoms with Crippen molar-refractivity contribution in [2.45, 2.75) is 6.17 Å². The zero-order valence-electron chi connectivity index (χ0n) is 9.49. The van der Waals surface area contributed by atoms with Crippen LogP contribution in [0.5, 0.6) is 0 Å². The van der Waals surface area contributed by atoms with Gasteiger partial charge in [0.1, 0.15) is 11.6 Å². The molecule has 0 fully saturated rings. The van der Waals surface area contributed by atoms with Crippen molar-refractivity contribution in [3.8, 4) is 6.07 Å². The van der Waals surface area contributed by atoms with Crippen molar-refractivity contribution in [3.63, 3.8) is 0 Å². The molecule has 0 radical (unpaired) electrons. The molecule has 0 amide bonds. The standard InChI is InChI=1S/C11H9N5S2/c1-17-11-13-6-7(5-12)10-14-9(15-16(10)11)8-3-2-4-18-8/h2-4,6,9,15H,1H3/t9-/m0/s1. The van der Waals surface area contributed by atoms with Gasteiger partial charge < -0.3 is 0 Å². The van der Waals surface area contributed by atoms with Gasteiger partial charge in [-0.25, -0.2) is 15.0 Å². The van der Waals surface area contributed by atoms with E-state index in [2.05, 4.69) is 21.5 Å². The molecule has 2 aliphatic rings. The van der Waals surface area contributed by atoms with E-state index in [-0.39, 0.29) is 6.17 Å². The third-order valence-electron chi connectivity index (χ3n) is 2.57. The number of aliphatic imine (C=N–C) groups is 2. The van der Waals surface area contributed by atoms with Crippen molar-refractivity contribution < 1.29 is 0 Å². The largest absolute Gasteiger partial charge is 0.239 e. The Kier molecular flexibility index (Phi) is 2.91. The number of thiophene rings is 1. The zero-order chi connectivity index (χ0) is 12.5. The molecule has 1 atom stereocenters. The summed E-state index contributed by atoms with van der Waals surface area (Å²) in [6.45, 7) is 0. The van der Waals surface area contributed by atoms with E-state index in [1.807, 2.05) is 23.8 Å². The highest BCUT2D eigenvalue weighted by atomic mass is 32.2. The number of nitriles is 1. The van der Waals surface area contributed by atoms with E-state index in [9.17, 15) is 0 Å². The van der Waals surface area contributed by atoms with Crippen LogP contribution in [0, 0.1) is 11.3 Å². The summed E-state index contributed by atoms with van der Waals surface area (Å²) in [5, 5.41) is 13.7. The lowest BCUT2D eigenvalue weighted by Gasteiger charge is -2.23. The maximum absolute atomic E-state index is 9.09. The van der Waals surface area contributed by atoms with Gasteiger partial charge in [0, 0.05) is 4.88 Å². The molecule has 1 aromatic heterocycles. The van der Waals surface area contributed by atoms with Gasteiger partial charge in [0.2, 0.25) is 0 Å². The second kappa shape index (κ2) is 4.57. The third-order valence-corrected chi connectivity index (χ3v) is 4.14. The van der Waals surface area contributed by atoms with E-state index in [0.717, 1.165) is 10.0 Å². The Morgan fingerprint density at radius 3 is 3.17 bits per heavy atom. The minimum atomic E-state index is -0.132. The van der Waals surface area contributed by atoms with Crippen molar-refractivity contribution in [3.05, 3.63) is 34.2 Å². The second-order valence-electron chi connectivity index (χ2n) is 3.61. The Morgan fingerprint density at radius 1 is 1.61 bits per heavy atom. The number of amidine groups is 2. The molecule has 0 saturated heterocycles. The molecule has 0 unspecified atom stereocenters. The minimum absolute atomic E-state index is 0.132. The zero-order valence-corrected chi connectivity index (χ0v) is 11.1. The number of fused-ring (bicyclic) bond motifs is 1. The first-order valence-electron chi connectivity index (χ1n) is 5.23. The molecule has 1 N–H and O–H groups in total. The molecule has 5 nitrogen and oxygen atoms in total. The highest BCUT2D eigenvalue weighted by molar-refractivity contribution is 8.13. The minimum Gasteiger partial charge on any atom is -0.239 e. The highest BCUT2D eigenvalue weighted by Crippen LogP contribution is 2.29. The van der Waals surface area contributed by atoms with Crippen molar-refractivity contribution in [1.82, 2.24) is 10.4 Å². The average Bonchev–Trinajstić information content (AvgIpc) is 3.05. The van der Waals surface area contributed by atoms with Crippen LogP contribution in [0.2, 0.25) is 0 Å². The van der Waals surface area contributed by atoms with Crippen molar-refractivity contribution >= 4 is 34.1 Å². The van der Waals surface area contributed by atoms with Crippen LogP contribution in [0.3, 0.4) is 0 Å². The van der Waals surface area contributed by atoms with E-state index < -0.39 is 0 Å². The van der Waals surface area contributed by atoms with Crippen LogP contribution in [0.25, 0.3) is 0 Å². The van der Waals surface area contributed by atoms with Crippen LogP contribution in [-0.2, 0) is 0 Å². The fraction of sp³-hybridized carbons (Fsp3) is 0.182. The van der Waals surface area contributed by atoms with Gasteiger partial charge in [0.05, 0.1) is 6.20 Å². The predicted molar refractivity (Wildman–Crippen MR) is 74.1 cm³/mol. The van der Waals surface area contributed by atoms with Crippen LogP contribution in [0.4, 0.5) is 0 Å². The molecule has 3 rings (SSSR count). The monoisotopic (exact) mass is 275 g/mol. The smallest absolute Gasteiger partial charge is 0.184 e. The molecule has 3 heterocycles. The number of rotatable bonds is 1. The summed E-state index contributed by atoms with van der Waals surface area (Å²) in [6, 6.07) is 6.14. The summed E-state index contributed by atoms with van der Waals surface area (Å²) >= 11 is 3.15. The topological polar surface area (TPSA) is 63.8 Å². The maximum Gasteiger partial charge on any atom is 0.184 e. The van der Waals surface area contributed by atoms with Crippen LogP contribution < -0.4 is 5.43 Å². The van der Waals surface area contributed by atoms with Crippen LogP contribution in [0.1, 0.15) is 11.0 Å². The molecule has 0 bridgehead atoms. The van der Waals surface area contributed by atoms with Crippen molar-refractivity contribution in [2.75, 3.05) is 6.26 Å². The Balaban J connectivity index is 1.99. The molecule has 0 aromatic carbocycles. The predicted octanol–water partition coefficient (Wildman–Crippen LogP) is 2.11. The quantitative estimate of drug-likeness (QED) is 0.852. The van der Waals surface area contributed by atoms with Gasteiger partial charge in [-0.1, -0.05) is 17.8 Å². The normalized spacial score (nSPS) is 21.9. The molecule has 18 heavy (non-hydrogen) atoms. The van der Waals surface area contributed by atoms with Crippen molar-refractivity contribution in [2.24, 2.45) is 9.98 Å². The van der Waals surface area contributed by atoms with Gasteiger partial charge in [0.25, 0.3) is 0 Å². The van der Waals surface area contributed by atoms with E-state index in [1.54, 1.807) is 22.5 Å². The fourth-order valence-electron chi connectivity index (χ4n) is 1.76. The van der Waals surface area contributed by atoms with Gasteiger partial charge in [-0.15, -0.1) is 11.3 Å². The maximum atomic E-state index is 9.09. The van der Waals surface area contributed by atoms with Crippen molar-refractivity contribution in [1.29, 1.82) is 5.26 Å². The van der Waals surface area contributed by atoms with E-state index in [0.29, 0.717) is 11.4 Å². The van der Waals surface area contributed by atoms with E-state index in [4.69, 9.17) is 5.26 Å². The van der Waals surface area contributed by atoms with Crippen LogP contribution in [0.15, 0.2) is 39.3 Å². The third kappa shape index (κ3) is 1.75. The number of hydrogen-bond acceptors (Lipinski definition) is 7. The molecule has 90 valence electrons. The molecule has 0 spiro atoms. The summed E-state index contributed by atoms with van der Waals surface area (Å²) < 4.78 is 0. The molecule has 7 heteroatoms. The lowest BCUT2D eigenvalue weighted by molar-refractivity contribution is 0.427. The summed E-state index contributed by atoms with van der Waals surface area (Å²) in [7, 11) is 0. The van der Waals surface area contributed by atoms with Gasteiger partial charge in [-0.05, 0) is 17.7 Å². The molecular formula is C11H9N5S2. The van der Waals surface area contributed by atoms with Gasteiger partial charge in [-0.2, -0.15) is 10.7 Å². The first-order chi connectivity index (χ1) is 8.83. The lowest BCUT2D eigenvalue weighted by Crippen LogP contribution is -2.43. The molecular weight excluding hydrogens is 266 g/mol. The fourth-order valence-corrected chi connectivity index (χ4v) is 2.95. The Morgan fingerprint density at radius 2 is 2.50 bits per heavy atom. The van der Waals surface area contributed by atoms with Gasteiger partial charge >= 0.3 is 0 Å². The van der Waals surface area contributed by atoms with Crippen LogP contribution >= 0.6 is 23.1 Å². The molecule has 2 aliphatic heterocycles. The van der Waals surface area contributed by atoms with E-state index in [1.165, 1.54) is 11.8 Å². The van der Waals surface area contributed by atoms with Crippen LogP contribution in [-0.4, -0.2) is 22.3 Å². The number of nitrogens with one attached hydrogen (secondary N) is 1. The Bertz CT molecular complexity index is 593. The van der Waals surface area contributed by atoms with Gasteiger partial charge in [-0.3, -0.25) is 0 Å².